The smallest absolute Gasteiger partial charge is 0.00960 e. The van der Waals surface area contributed by atoms with Gasteiger partial charge in [-0.25, -0.2) is 0 Å². The molecule has 2 N–H and O–H groups in total. The van der Waals surface area contributed by atoms with Crippen molar-refractivity contribution in [3.8, 4) is 0 Å². The van der Waals surface area contributed by atoms with Crippen LogP contribution in [0.5, 0.6) is 0 Å². The van der Waals surface area contributed by atoms with Crippen molar-refractivity contribution in [2.24, 2.45) is 34.3 Å². The maximum absolute atomic E-state index is 6.68. The topological polar surface area (TPSA) is 26.0 Å². The van der Waals surface area contributed by atoms with Gasteiger partial charge in [0, 0.05) is 6.04 Å². The summed E-state index contributed by atoms with van der Waals surface area (Å²) in [6.07, 6.45) is 11.5. The van der Waals surface area contributed by atoms with Gasteiger partial charge >= 0.3 is 0 Å². The zero-order valence-electron chi connectivity index (χ0n) is 12.5. The Balaban J connectivity index is 1.67. The van der Waals surface area contributed by atoms with E-state index in [0.717, 1.165) is 17.8 Å². The summed E-state index contributed by atoms with van der Waals surface area (Å²) in [4.78, 5) is 0. The van der Waals surface area contributed by atoms with E-state index in [9.17, 15) is 0 Å². The predicted octanol–water partition coefficient (Wildman–Crippen LogP) is 4.36. The quantitative estimate of drug-likeness (QED) is 0.790. The highest BCUT2D eigenvalue weighted by atomic mass is 14.7. The number of hydrogen-bond donors (Lipinski definition) is 1. The Morgan fingerprint density at radius 2 is 1.44 bits per heavy atom. The van der Waals surface area contributed by atoms with Crippen LogP contribution in [0.1, 0.15) is 72.1 Å². The maximum atomic E-state index is 6.68. The fourth-order valence-electron chi connectivity index (χ4n) is 5.53. The summed E-state index contributed by atoms with van der Waals surface area (Å²) < 4.78 is 0. The van der Waals surface area contributed by atoms with Gasteiger partial charge in [-0.2, -0.15) is 0 Å². The Morgan fingerprint density at radius 1 is 1.00 bits per heavy atom. The molecule has 0 aliphatic heterocycles. The van der Waals surface area contributed by atoms with Crippen LogP contribution in [0.15, 0.2) is 0 Å². The molecule has 1 atom stereocenters. The summed E-state index contributed by atoms with van der Waals surface area (Å²) in [7, 11) is 0. The second-order valence-electron chi connectivity index (χ2n) is 8.99. The van der Waals surface area contributed by atoms with E-state index in [4.69, 9.17) is 5.73 Å². The van der Waals surface area contributed by atoms with Crippen molar-refractivity contribution in [1.82, 2.24) is 0 Å². The minimum absolute atomic E-state index is 0.444. The van der Waals surface area contributed by atoms with Gasteiger partial charge in [0.2, 0.25) is 0 Å². The first-order valence-electron chi connectivity index (χ1n) is 8.12. The summed E-state index contributed by atoms with van der Waals surface area (Å²) >= 11 is 0. The lowest BCUT2D eigenvalue weighted by molar-refractivity contribution is -0.0693. The van der Waals surface area contributed by atoms with E-state index in [1.165, 1.54) is 51.4 Å². The third kappa shape index (κ3) is 2.35. The normalized spacial score (nSPS) is 44.3. The van der Waals surface area contributed by atoms with E-state index in [1.807, 2.05) is 0 Å². The zero-order chi connectivity index (χ0) is 13.0. The fourth-order valence-corrected chi connectivity index (χ4v) is 5.53. The Labute approximate surface area is 113 Å². The lowest BCUT2D eigenvalue weighted by atomic mass is 9.47. The molecule has 4 aliphatic rings. The summed E-state index contributed by atoms with van der Waals surface area (Å²) in [6.45, 7) is 7.04. The van der Waals surface area contributed by atoms with Gasteiger partial charge in [-0.05, 0) is 80.0 Å². The third-order valence-corrected chi connectivity index (χ3v) is 6.08. The monoisotopic (exact) mass is 249 g/mol. The summed E-state index contributed by atoms with van der Waals surface area (Å²) in [6, 6.07) is 0.477. The molecule has 4 bridgehead atoms. The molecule has 0 saturated heterocycles. The van der Waals surface area contributed by atoms with Crippen molar-refractivity contribution in [3.63, 3.8) is 0 Å². The molecular formula is C17H31N. The Bertz CT molecular complexity index is 277. The molecule has 0 aromatic heterocycles. The van der Waals surface area contributed by atoms with Crippen molar-refractivity contribution in [3.05, 3.63) is 0 Å². The maximum Gasteiger partial charge on any atom is 0.00960 e. The number of rotatable bonds is 3. The molecule has 1 unspecified atom stereocenters. The highest BCUT2D eigenvalue weighted by Crippen LogP contribution is 2.61. The third-order valence-electron chi connectivity index (χ3n) is 6.08. The molecule has 4 rings (SSSR count). The SMILES string of the molecule is CC(C)(C)CCC(N)C12CC3CC(CC(C3)C1)C2. The van der Waals surface area contributed by atoms with E-state index in [1.54, 1.807) is 0 Å². The Morgan fingerprint density at radius 3 is 1.83 bits per heavy atom. The molecule has 0 amide bonds. The van der Waals surface area contributed by atoms with Crippen LogP contribution in [0.2, 0.25) is 0 Å². The first kappa shape index (κ1) is 13.0. The molecule has 4 aliphatic carbocycles. The van der Waals surface area contributed by atoms with Crippen LogP contribution in [-0.2, 0) is 0 Å². The average Bonchev–Trinajstić information content (AvgIpc) is 2.22. The molecular weight excluding hydrogens is 218 g/mol. The number of nitrogens with two attached hydrogens (primary N) is 1. The van der Waals surface area contributed by atoms with Crippen molar-refractivity contribution >= 4 is 0 Å². The lowest BCUT2D eigenvalue weighted by Crippen LogP contribution is -2.54. The van der Waals surface area contributed by atoms with Crippen molar-refractivity contribution in [2.75, 3.05) is 0 Å². The van der Waals surface area contributed by atoms with Gasteiger partial charge in [0.1, 0.15) is 0 Å². The minimum atomic E-state index is 0.444. The van der Waals surface area contributed by atoms with Crippen LogP contribution in [0.25, 0.3) is 0 Å². The molecule has 0 radical (unpaired) electrons. The first-order valence-corrected chi connectivity index (χ1v) is 8.12. The molecule has 1 heteroatoms. The van der Waals surface area contributed by atoms with E-state index in [2.05, 4.69) is 20.8 Å². The Hall–Kier alpha value is -0.0400. The first-order chi connectivity index (χ1) is 8.36. The molecule has 4 saturated carbocycles. The van der Waals surface area contributed by atoms with E-state index in [0.29, 0.717) is 16.9 Å². The molecule has 0 aromatic rings. The van der Waals surface area contributed by atoms with Gasteiger partial charge < -0.3 is 5.73 Å². The predicted molar refractivity (Wildman–Crippen MR) is 77.3 cm³/mol. The van der Waals surface area contributed by atoms with Crippen molar-refractivity contribution in [2.45, 2.75) is 78.2 Å². The van der Waals surface area contributed by atoms with Crippen LogP contribution in [0.4, 0.5) is 0 Å². The van der Waals surface area contributed by atoms with Gasteiger partial charge in [-0.1, -0.05) is 20.8 Å². The molecule has 0 aromatic carbocycles. The van der Waals surface area contributed by atoms with E-state index < -0.39 is 0 Å². The molecule has 0 heterocycles. The minimum Gasteiger partial charge on any atom is -0.327 e. The van der Waals surface area contributed by atoms with Crippen LogP contribution in [0.3, 0.4) is 0 Å². The van der Waals surface area contributed by atoms with Crippen molar-refractivity contribution < 1.29 is 0 Å². The molecule has 18 heavy (non-hydrogen) atoms. The summed E-state index contributed by atoms with van der Waals surface area (Å²) in [5.41, 5.74) is 7.68. The van der Waals surface area contributed by atoms with E-state index >= 15 is 0 Å². The summed E-state index contributed by atoms with van der Waals surface area (Å²) in [5.74, 6) is 3.12. The Kier molecular flexibility index (Phi) is 3.05. The van der Waals surface area contributed by atoms with Gasteiger partial charge in [-0.15, -0.1) is 0 Å². The second-order valence-corrected chi connectivity index (χ2v) is 8.99. The zero-order valence-corrected chi connectivity index (χ0v) is 12.5. The molecule has 1 nitrogen and oxygen atoms in total. The van der Waals surface area contributed by atoms with Crippen LogP contribution in [-0.4, -0.2) is 6.04 Å². The van der Waals surface area contributed by atoms with Crippen LogP contribution < -0.4 is 5.73 Å². The molecule has 4 fully saturated rings. The van der Waals surface area contributed by atoms with Gasteiger partial charge in [0.05, 0.1) is 0 Å². The lowest BCUT2D eigenvalue weighted by Gasteiger charge is -2.59. The highest BCUT2D eigenvalue weighted by molar-refractivity contribution is 5.05. The van der Waals surface area contributed by atoms with Gasteiger partial charge in [0.15, 0.2) is 0 Å². The average molecular weight is 249 g/mol. The standard InChI is InChI=1S/C17H31N/c1-16(2,3)5-4-15(18)17-9-12-6-13(10-17)8-14(7-12)11-17/h12-15H,4-11,18H2,1-3H3. The largest absolute Gasteiger partial charge is 0.327 e. The van der Waals surface area contributed by atoms with Crippen molar-refractivity contribution in [1.29, 1.82) is 0 Å². The van der Waals surface area contributed by atoms with E-state index in [-0.39, 0.29) is 0 Å². The number of hydrogen-bond acceptors (Lipinski definition) is 1. The fraction of sp³-hybridized carbons (Fsp3) is 1.00. The molecule has 104 valence electrons. The van der Waals surface area contributed by atoms with Crippen LogP contribution >= 0.6 is 0 Å². The van der Waals surface area contributed by atoms with Gasteiger partial charge in [0.25, 0.3) is 0 Å². The van der Waals surface area contributed by atoms with Gasteiger partial charge in [-0.3, -0.25) is 0 Å². The molecule has 0 spiro atoms. The highest BCUT2D eigenvalue weighted by Gasteiger charge is 2.53. The second kappa shape index (κ2) is 4.23. The van der Waals surface area contributed by atoms with Crippen LogP contribution in [0, 0.1) is 28.6 Å². The summed E-state index contributed by atoms with van der Waals surface area (Å²) in [5, 5.41) is 0.